The van der Waals surface area contributed by atoms with Crippen LogP contribution in [0, 0.1) is 18.3 Å². The van der Waals surface area contributed by atoms with Crippen LogP contribution in [0.5, 0.6) is 0 Å². The van der Waals surface area contributed by atoms with Gasteiger partial charge in [0.05, 0.1) is 11.4 Å². The molecule has 27 heavy (non-hydrogen) atoms. The lowest BCUT2D eigenvalue weighted by Crippen LogP contribution is -2.36. The van der Waals surface area contributed by atoms with Gasteiger partial charge in [-0.25, -0.2) is 4.68 Å². The van der Waals surface area contributed by atoms with Crippen LogP contribution < -0.4 is 5.32 Å². The molecule has 140 valence electrons. The minimum absolute atomic E-state index is 0.0243. The lowest BCUT2D eigenvalue weighted by atomic mass is 9.95. The summed E-state index contributed by atoms with van der Waals surface area (Å²) in [4.78, 5) is 12.5. The molecule has 5 nitrogen and oxygen atoms in total. The van der Waals surface area contributed by atoms with Gasteiger partial charge in [0.2, 0.25) is 0 Å². The fraction of sp³-hybridized carbons (Fsp3) is 0.350. The third-order valence-electron chi connectivity index (χ3n) is 4.69. The maximum absolute atomic E-state index is 12.5. The first-order valence-corrected chi connectivity index (χ1v) is 9.69. The number of carbonyl (C=O) groups excluding carboxylic acids is 1. The maximum atomic E-state index is 12.5. The Labute approximate surface area is 168 Å². The number of nitriles is 1. The highest BCUT2D eigenvalue weighted by atomic mass is 35.5. The van der Waals surface area contributed by atoms with Gasteiger partial charge in [0, 0.05) is 16.6 Å². The van der Waals surface area contributed by atoms with Gasteiger partial charge in [-0.1, -0.05) is 48.5 Å². The van der Waals surface area contributed by atoms with Crippen LogP contribution in [-0.2, 0) is 4.79 Å². The molecule has 1 aromatic carbocycles. The third kappa shape index (κ3) is 4.52. The van der Waals surface area contributed by atoms with Crippen LogP contribution in [0.2, 0.25) is 10.2 Å². The zero-order valence-corrected chi connectivity index (χ0v) is 16.5. The number of rotatable bonds is 4. The quantitative estimate of drug-likeness (QED) is 0.587. The molecule has 0 saturated heterocycles. The molecule has 7 heteroatoms. The van der Waals surface area contributed by atoms with Gasteiger partial charge in [-0.2, -0.15) is 10.4 Å². The van der Waals surface area contributed by atoms with Crippen molar-refractivity contribution >= 4 is 35.2 Å². The first kappa shape index (κ1) is 19.5. The first-order valence-electron chi connectivity index (χ1n) is 8.93. The van der Waals surface area contributed by atoms with Crippen molar-refractivity contribution in [3.05, 3.63) is 51.3 Å². The Hall–Kier alpha value is -2.29. The summed E-state index contributed by atoms with van der Waals surface area (Å²) in [7, 11) is 0. The molecular weight excluding hydrogens is 383 g/mol. The molecule has 0 atom stereocenters. The number of benzene rings is 1. The van der Waals surface area contributed by atoms with E-state index in [-0.39, 0.29) is 17.5 Å². The van der Waals surface area contributed by atoms with Crippen LogP contribution in [0.3, 0.4) is 0 Å². The number of halogens is 2. The van der Waals surface area contributed by atoms with Crippen LogP contribution in [0.1, 0.15) is 43.4 Å². The van der Waals surface area contributed by atoms with E-state index < -0.39 is 0 Å². The Morgan fingerprint density at radius 2 is 2.07 bits per heavy atom. The van der Waals surface area contributed by atoms with Crippen molar-refractivity contribution in [1.29, 1.82) is 5.26 Å². The molecule has 0 bridgehead atoms. The van der Waals surface area contributed by atoms with Crippen LogP contribution in [0.4, 0.5) is 0 Å². The van der Waals surface area contributed by atoms with E-state index in [0.29, 0.717) is 27.1 Å². The molecule has 3 rings (SSSR count). The number of hydrogen-bond donors (Lipinski definition) is 1. The second kappa shape index (κ2) is 8.60. The monoisotopic (exact) mass is 402 g/mol. The SMILES string of the molecule is Cc1nn(-c2cccc(Cl)c2)c(Cl)c1C=C(C#N)C(=O)NC1CCCCC1. The fourth-order valence-corrected chi connectivity index (χ4v) is 3.77. The summed E-state index contributed by atoms with van der Waals surface area (Å²) >= 11 is 12.5. The summed E-state index contributed by atoms with van der Waals surface area (Å²) in [5.74, 6) is -0.365. The van der Waals surface area contributed by atoms with Crippen molar-refractivity contribution in [1.82, 2.24) is 15.1 Å². The largest absolute Gasteiger partial charge is 0.349 e. The van der Waals surface area contributed by atoms with Gasteiger partial charge in [-0.05, 0) is 44.0 Å². The Kier molecular flexibility index (Phi) is 6.20. The number of nitrogens with zero attached hydrogens (tertiary/aromatic N) is 3. The summed E-state index contributed by atoms with van der Waals surface area (Å²) in [6, 6.07) is 9.26. The van der Waals surface area contributed by atoms with E-state index in [4.69, 9.17) is 23.2 Å². The zero-order valence-electron chi connectivity index (χ0n) is 15.0. The molecule has 1 aliphatic carbocycles. The van der Waals surface area contributed by atoms with Crippen LogP contribution >= 0.6 is 23.2 Å². The number of aromatic nitrogens is 2. The van der Waals surface area contributed by atoms with Gasteiger partial charge in [-0.15, -0.1) is 0 Å². The second-order valence-corrected chi connectivity index (χ2v) is 7.45. The molecule has 0 aliphatic heterocycles. The predicted octanol–water partition coefficient (Wildman–Crippen LogP) is 4.84. The number of hydrogen-bond acceptors (Lipinski definition) is 3. The van der Waals surface area contributed by atoms with E-state index in [1.807, 2.05) is 12.1 Å². The standard InChI is InChI=1S/C20H20Cl2N4O/c1-13-18(19(22)26(25-13)17-9-5-6-15(21)11-17)10-14(12-23)20(27)24-16-7-3-2-4-8-16/h5-6,9-11,16H,2-4,7-8H2,1H3,(H,24,27). The van der Waals surface area contributed by atoms with Gasteiger partial charge < -0.3 is 5.32 Å². The van der Waals surface area contributed by atoms with Gasteiger partial charge in [-0.3, -0.25) is 4.79 Å². The van der Waals surface area contributed by atoms with Gasteiger partial charge >= 0.3 is 0 Å². The minimum atomic E-state index is -0.365. The summed E-state index contributed by atoms with van der Waals surface area (Å²) < 4.78 is 1.54. The van der Waals surface area contributed by atoms with E-state index in [0.717, 1.165) is 25.7 Å². The zero-order chi connectivity index (χ0) is 19.4. The van der Waals surface area contributed by atoms with Gasteiger partial charge in [0.25, 0.3) is 5.91 Å². The topological polar surface area (TPSA) is 70.7 Å². The van der Waals surface area contributed by atoms with Crippen molar-refractivity contribution in [2.75, 3.05) is 0 Å². The van der Waals surface area contributed by atoms with E-state index in [1.54, 1.807) is 29.8 Å². The molecule has 1 aromatic heterocycles. The minimum Gasteiger partial charge on any atom is -0.349 e. The normalized spacial score (nSPS) is 15.4. The molecule has 2 aromatic rings. The van der Waals surface area contributed by atoms with Crippen molar-refractivity contribution in [2.45, 2.75) is 45.1 Å². The molecule has 1 saturated carbocycles. The van der Waals surface area contributed by atoms with Crippen molar-refractivity contribution in [3.63, 3.8) is 0 Å². The molecule has 0 spiro atoms. The maximum Gasteiger partial charge on any atom is 0.262 e. The lowest BCUT2D eigenvalue weighted by Gasteiger charge is -2.22. The Bertz CT molecular complexity index is 921. The van der Waals surface area contributed by atoms with E-state index in [9.17, 15) is 10.1 Å². The van der Waals surface area contributed by atoms with Crippen molar-refractivity contribution in [3.8, 4) is 11.8 Å². The molecule has 0 unspecified atom stereocenters. The third-order valence-corrected chi connectivity index (χ3v) is 5.29. The fourth-order valence-electron chi connectivity index (χ4n) is 3.26. The van der Waals surface area contributed by atoms with Crippen molar-refractivity contribution in [2.24, 2.45) is 0 Å². The van der Waals surface area contributed by atoms with Crippen LogP contribution in [0.15, 0.2) is 29.8 Å². The highest BCUT2D eigenvalue weighted by Crippen LogP contribution is 2.27. The van der Waals surface area contributed by atoms with Gasteiger partial charge in [0.1, 0.15) is 16.8 Å². The molecular formula is C20H20Cl2N4O. The first-order chi connectivity index (χ1) is 13.0. The summed E-state index contributed by atoms with van der Waals surface area (Å²) in [6.45, 7) is 1.78. The van der Waals surface area contributed by atoms with Crippen LogP contribution in [-0.4, -0.2) is 21.7 Å². The highest BCUT2D eigenvalue weighted by Gasteiger charge is 2.20. The Morgan fingerprint density at radius 3 is 2.74 bits per heavy atom. The number of nitrogens with one attached hydrogen (secondary N) is 1. The van der Waals surface area contributed by atoms with E-state index in [1.165, 1.54) is 12.5 Å². The van der Waals surface area contributed by atoms with E-state index >= 15 is 0 Å². The summed E-state index contributed by atoms with van der Waals surface area (Å²) in [6.07, 6.45) is 6.82. The van der Waals surface area contributed by atoms with Crippen molar-refractivity contribution < 1.29 is 4.79 Å². The molecule has 1 aliphatic rings. The second-order valence-electron chi connectivity index (χ2n) is 6.66. The predicted molar refractivity (Wildman–Crippen MR) is 107 cm³/mol. The average Bonchev–Trinajstić information content (AvgIpc) is 2.94. The lowest BCUT2D eigenvalue weighted by molar-refractivity contribution is -0.117. The van der Waals surface area contributed by atoms with Gasteiger partial charge in [0.15, 0.2) is 0 Å². The molecule has 1 fully saturated rings. The molecule has 1 amide bonds. The molecule has 0 radical (unpaired) electrons. The molecule has 1 heterocycles. The molecule has 1 N–H and O–H groups in total. The van der Waals surface area contributed by atoms with E-state index in [2.05, 4.69) is 10.4 Å². The summed E-state index contributed by atoms with van der Waals surface area (Å²) in [5.41, 5.74) is 1.90. The number of amides is 1. The average molecular weight is 403 g/mol. The Morgan fingerprint density at radius 1 is 1.33 bits per heavy atom. The van der Waals surface area contributed by atoms with Crippen LogP contribution in [0.25, 0.3) is 11.8 Å². The highest BCUT2D eigenvalue weighted by molar-refractivity contribution is 6.32. The number of aryl methyl sites for hydroxylation is 1. The summed E-state index contributed by atoms with van der Waals surface area (Å²) in [5, 5.41) is 17.7. The smallest absolute Gasteiger partial charge is 0.262 e. The number of carbonyl (C=O) groups is 1. The Balaban J connectivity index is 1.88.